The summed E-state index contributed by atoms with van der Waals surface area (Å²) in [5, 5.41) is 28.6. The van der Waals surface area contributed by atoms with Crippen molar-refractivity contribution in [2.75, 3.05) is 12.3 Å². The van der Waals surface area contributed by atoms with Crippen molar-refractivity contribution in [3.05, 3.63) is 37.0 Å². The maximum absolute atomic E-state index is 10.7. The van der Waals surface area contributed by atoms with E-state index in [-0.39, 0.29) is 11.5 Å². The van der Waals surface area contributed by atoms with Crippen molar-refractivity contribution in [2.24, 2.45) is 0 Å². The van der Waals surface area contributed by atoms with Crippen LogP contribution in [0.5, 0.6) is 0 Å². The second kappa shape index (κ2) is 19.5. The van der Waals surface area contributed by atoms with E-state index in [2.05, 4.69) is 50.7 Å². The van der Waals surface area contributed by atoms with E-state index in [1.165, 1.54) is 62.2 Å². The number of phosphoric ester groups is 1. The molecule has 242 valence electrons. The van der Waals surface area contributed by atoms with E-state index in [9.17, 15) is 19.6 Å². The number of carboxylic acid groups (broad SMARTS) is 1. The fraction of sp³-hybridized carbons (Fsp3) is 0.643. The molecular formula is C28H46N5O9P. The quantitative estimate of drug-likeness (QED) is 0.0781. The van der Waals surface area contributed by atoms with Crippen LogP contribution in [0, 0.1) is 0 Å². The maximum Gasteiger partial charge on any atom is 0.469 e. The molecule has 0 aliphatic carbocycles. The molecule has 0 amide bonds. The Hall–Kier alpha value is -2.71. The van der Waals surface area contributed by atoms with E-state index in [1.807, 2.05) is 0 Å². The first-order valence-corrected chi connectivity index (χ1v) is 16.2. The minimum atomic E-state index is -4.72. The average Bonchev–Trinajstić information content (AvgIpc) is 3.51. The van der Waals surface area contributed by atoms with Crippen molar-refractivity contribution in [3.63, 3.8) is 0 Å². The predicted molar refractivity (Wildman–Crippen MR) is 161 cm³/mol. The Balaban J connectivity index is 0.000000304. The summed E-state index contributed by atoms with van der Waals surface area (Å²) >= 11 is 0. The van der Waals surface area contributed by atoms with Crippen LogP contribution in [0.2, 0.25) is 0 Å². The molecule has 14 nitrogen and oxygen atoms in total. The first-order valence-electron chi connectivity index (χ1n) is 14.7. The molecule has 3 rings (SSSR count). The van der Waals surface area contributed by atoms with Crippen molar-refractivity contribution in [1.82, 2.24) is 19.5 Å². The van der Waals surface area contributed by atoms with Crippen LogP contribution in [0.4, 0.5) is 5.82 Å². The molecule has 7 N–H and O–H groups in total. The lowest BCUT2D eigenvalue weighted by Crippen LogP contribution is -2.33. The van der Waals surface area contributed by atoms with Gasteiger partial charge in [-0.1, -0.05) is 63.3 Å². The van der Waals surface area contributed by atoms with Crippen LogP contribution in [0.15, 0.2) is 37.0 Å². The van der Waals surface area contributed by atoms with Crippen LogP contribution in [0.3, 0.4) is 0 Å². The number of unbranched alkanes of at least 4 members (excludes halogenated alkanes) is 8. The monoisotopic (exact) mass is 627 g/mol. The fourth-order valence-electron chi connectivity index (χ4n) is 4.41. The lowest BCUT2D eigenvalue weighted by atomic mass is 10.1. The third-order valence-electron chi connectivity index (χ3n) is 6.75. The normalized spacial score (nSPS) is 20.7. The van der Waals surface area contributed by atoms with E-state index in [1.54, 1.807) is 0 Å². The Morgan fingerprint density at radius 2 is 1.65 bits per heavy atom. The smallest absolute Gasteiger partial charge is 0.469 e. The van der Waals surface area contributed by atoms with Crippen LogP contribution < -0.4 is 5.73 Å². The van der Waals surface area contributed by atoms with Crippen molar-refractivity contribution in [3.8, 4) is 0 Å². The Kier molecular flexibility index (Phi) is 16.6. The highest BCUT2D eigenvalue weighted by atomic mass is 31.2. The van der Waals surface area contributed by atoms with Crippen LogP contribution in [0.1, 0.15) is 90.2 Å². The second-order valence-corrected chi connectivity index (χ2v) is 11.5. The van der Waals surface area contributed by atoms with Crippen molar-refractivity contribution < 1.29 is 43.7 Å². The van der Waals surface area contributed by atoms with E-state index in [4.69, 9.17) is 25.4 Å². The maximum atomic E-state index is 10.7. The van der Waals surface area contributed by atoms with Gasteiger partial charge in [0.1, 0.15) is 30.2 Å². The van der Waals surface area contributed by atoms with Gasteiger partial charge in [-0.15, -0.1) is 0 Å². The molecule has 1 aliphatic heterocycles. The van der Waals surface area contributed by atoms with Gasteiger partial charge in [0, 0.05) is 6.42 Å². The summed E-state index contributed by atoms with van der Waals surface area (Å²) in [7, 11) is -4.72. The molecule has 0 radical (unpaired) electrons. The molecule has 43 heavy (non-hydrogen) atoms. The minimum Gasteiger partial charge on any atom is -0.481 e. The van der Waals surface area contributed by atoms with Crippen LogP contribution in [-0.4, -0.2) is 75.5 Å². The van der Waals surface area contributed by atoms with Crippen molar-refractivity contribution in [2.45, 2.75) is 109 Å². The molecule has 4 atom stereocenters. The minimum absolute atomic E-state index is 0.142. The van der Waals surface area contributed by atoms with Gasteiger partial charge in [0.15, 0.2) is 17.7 Å². The topological polar surface area (TPSA) is 223 Å². The SMILES string of the molecule is CCCCC/C=C\C/C=C\CCCCCCCC(=O)O.Nc1ncnc2c1ncn2[C@@H]1O[C@H](COP(=O)(O)O)[C@@H](O)[C@H]1O. The van der Waals surface area contributed by atoms with Crippen molar-refractivity contribution in [1.29, 1.82) is 0 Å². The summed E-state index contributed by atoms with van der Waals surface area (Å²) in [5.41, 5.74) is 6.25. The number of hydrogen-bond acceptors (Lipinski definition) is 10. The summed E-state index contributed by atoms with van der Waals surface area (Å²) in [4.78, 5) is 39.5. The molecule has 15 heteroatoms. The molecule has 2 aromatic heterocycles. The number of nitrogens with two attached hydrogens (primary N) is 1. The number of allylic oxidation sites excluding steroid dienone is 4. The van der Waals surface area contributed by atoms with Crippen molar-refractivity contribution >= 4 is 30.8 Å². The van der Waals surface area contributed by atoms with Gasteiger partial charge in [-0.05, 0) is 38.5 Å². The standard InChI is InChI=1S/C18H32O2.C10H14N5O7P/c1-2-3-4-5-6-7-8-9-10-11-12-13-14-15-16-17-18(19)20;11-8-5-9(13-2-12-8)15(3-14-5)10-7(17)6(16)4(22-10)1-21-23(18,19)20/h6-7,9-10H,2-5,8,11-17H2,1H3,(H,19,20);2-4,6-7,10,16-17H,1H2,(H2,11,12,13)(H2,18,19,20)/b7-6-,10-9-;/t;4-,6-,7-,10-/m.1/s1. The Morgan fingerprint density at radius 1 is 1.00 bits per heavy atom. The van der Waals surface area contributed by atoms with Gasteiger partial charge < -0.3 is 35.6 Å². The first kappa shape index (κ1) is 36.5. The van der Waals surface area contributed by atoms with Gasteiger partial charge in [-0.2, -0.15) is 0 Å². The molecular weight excluding hydrogens is 581 g/mol. The number of aliphatic carboxylic acids is 1. The number of aromatic nitrogens is 4. The average molecular weight is 628 g/mol. The number of hydrogen-bond donors (Lipinski definition) is 6. The highest BCUT2D eigenvalue weighted by Gasteiger charge is 2.45. The number of aliphatic hydroxyl groups is 2. The summed E-state index contributed by atoms with van der Waals surface area (Å²) in [6.07, 6.45) is 19.8. The summed E-state index contributed by atoms with van der Waals surface area (Å²) in [6, 6.07) is 0. The number of carbonyl (C=O) groups is 1. The molecule has 1 aliphatic rings. The lowest BCUT2D eigenvalue weighted by molar-refractivity contribution is -0.137. The summed E-state index contributed by atoms with van der Waals surface area (Å²) < 4.78 is 21.8. The van der Waals surface area contributed by atoms with Crippen LogP contribution >= 0.6 is 7.82 Å². The van der Waals surface area contributed by atoms with Gasteiger partial charge in [-0.3, -0.25) is 13.9 Å². The summed E-state index contributed by atoms with van der Waals surface area (Å²) in [6.45, 7) is 1.64. The fourth-order valence-corrected chi connectivity index (χ4v) is 4.75. The number of nitrogen functional groups attached to an aromatic ring is 1. The number of anilines is 1. The number of aliphatic hydroxyl groups excluding tert-OH is 2. The zero-order valence-electron chi connectivity index (χ0n) is 24.6. The zero-order valence-corrected chi connectivity index (χ0v) is 25.5. The molecule has 0 bridgehead atoms. The van der Waals surface area contributed by atoms with E-state index in [0.717, 1.165) is 25.7 Å². The highest BCUT2D eigenvalue weighted by Crippen LogP contribution is 2.38. The molecule has 0 unspecified atom stereocenters. The second-order valence-electron chi connectivity index (χ2n) is 10.3. The van der Waals surface area contributed by atoms with Crippen LogP contribution in [-0.2, 0) is 18.6 Å². The lowest BCUT2D eigenvalue weighted by Gasteiger charge is -2.16. The molecule has 3 heterocycles. The molecule has 0 saturated carbocycles. The van der Waals surface area contributed by atoms with Gasteiger partial charge >= 0.3 is 13.8 Å². The number of fused-ring (bicyclic) bond motifs is 1. The van der Waals surface area contributed by atoms with Gasteiger partial charge in [0.05, 0.1) is 12.9 Å². The Bertz CT molecular complexity index is 1200. The number of rotatable bonds is 18. The number of nitrogens with zero attached hydrogens (tertiary/aromatic N) is 4. The largest absolute Gasteiger partial charge is 0.481 e. The van der Waals surface area contributed by atoms with Gasteiger partial charge in [0.2, 0.25) is 0 Å². The number of imidazole rings is 1. The van der Waals surface area contributed by atoms with Crippen LogP contribution in [0.25, 0.3) is 11.2 Å². The van der Waals surface area contributed by atoms with Gasteiger partial charge in [-0.25, -0.2) is 19.5 Å². The van der Waals surface area contributed by atoms with E-state index in [0.29, 0.717) is 11.9 Å². The molecule has 1 saturated heterocycles. The van der Waals surface area contributed by atoms with E-state index < -0.39 is 44.9 Å². The summed E-state index contributed by atoms with van der Waals surface area (Å²) in [5.74, 6) is -0.529. The highest BCUT2D eigenvalue weighted by molar-refractivity contribution is 7.46. The predicted octanol–water partition coefficient (Wildman–Crippen LogP) is 4.02. The molecule has 2 aromatic rings. The Morgan fingerprint density at radius 3 is 2.30 bits per heavy atom. The molecule has 1 fully saturated rings. The third kappa shape index (κ3) is 13.6. The first-order chi connectivity index (χ1) is 20.5. The molecule has 0 aromatic carbocycles. The third-order valence-corrected chi connectivity index (χ3v) is 7.23. The number of ether oxygens (including phenoxy) is 1. The Labute approximate surface area is 251 Å². The van der Waals surface area contributed by atoms with E-state index >= 15 is 0 Å². The number of carboxylic acids is 1. The number of phosphoric acid groups is 1. The zero-order chi connectivity index (χ0) is 31.7. The molecule has 0 spiro atoms. The van der Waals surface area contributed by atoms with Gasteiger partial charge in [0.25, 0.3) is 0 Å².